The van der Waals surface area contributed by atoms with Gasteiger partial charge in [-0.3, -0.25) is 0 Å². The summed E-state index contributed by atoms with van der Waals surface area (Å²) in [6, 6.07) is 19.4. The summed E-state index contributed by atoms with van der Waals surface area (Å²) in [6.07, 6.45) is 0. The highest BCUT2D eigenvalue weighted by atomic mass is 16.3. The zero-order chi connectivity index (χ0) is 18.5. The number of rotatable bonds is 4. The maximum atomic E-state index is 9.87. The average molecular weight is 345 g/mol. The molecule has 2 N–H and O–H groups in total. The van der Waals surface area contributed by atoms with Gasteiger partial charge in [0.15, 0.2) is 0 Å². The van der Waals surface area contributed by atoms with Gasteiger partial charge < -0.3 is 10.2 Å². The van der Waals surface area contributed by atoms with Crippen LogP contribution < -0.4 is 0 Å². The second-order valence-corrected chi connectivity index (χ2v) is 5.78. The van der Waals surface area contributed by atoms with Gasteiger partial charge in [0.2, 0.25) is 0 Å². The highest BCUT2D eigenvalue weighted by Gasteiger charge is 2.07. The molecule has 1 heterocycles. The zero-order valence-corrected chi connectivity index (χ0v) is 14.6. The Balaban J connectivity index is 1.93. The van der Waals surface area contributed by atoms with E-state index in [4.69, 9.17) is 0 Å². The van der Waals surface area contributed by atoms with Crippen LogP contribution in [0.2, 0.25) is 0 Å². The van der Waals surface area contributed by atoms with Crippen molar-refractivity contribution in [3.05, 3.63) is 78.1 Å². The third-order valence-corrected chi connectivity index (χ3v) is 3.83. The van der Waals surface area contributed by atoms with Gasteiger partial charge in [0.1, 0.15) is 22.9 Å². The minimum Gasteiger partial charge on any atom is -0.506 e. The smallest absolute Gasteiger partial charge is 0.141 e. The van der Waals surface area contributed by atoms with E-state index in [2.05, 4.69) is 15.0 Å². The Morgan fingerprint density at radius 3 is 1.50 bits per heavy atom. The third-order valence-electron chi connectivity index (χ3n) is 3.83. The van der Waals surface area contributed by atoms with E-state index in [0.717, 1.165) is 0 Å². The molecule has 0 saturated heterocycles. The van der Waals surface area contributed by atoms with Crippen molar-refractivity contribution < 1.29 is 10.2 Å². The maximum Gasteiger partial charge on any atom is 0.141 e. The summed E-state index contributed by atoms with van der Waals surface area (Å²) in [4.78, 5) is 13.5. The molecule has 130 valence electrons. The van der Waals surface area contributed by atoms with Crippen LogP contribution in [0.4, 0.5) is 11.4 Å². The molecule has 0 radical (unpaired) electrons. The van der Waals surface area contributed by atoms with E-state index in [1.165, 1.54) is 0 Å². The number of aromatic hydroxyl groups is 2. The lowest BCUT2D eigenvalue weighted by Gasteiger charge is -2.06. The van der Waals surface area contributed by atoms with Crippen molar-refractivity contribution in [3.8, 4) is 11.5 Å². The fourth-order valence-corrected chi connectivity index (χ4v) is 2.43. The molecule has 0 bridgehead atoms. The van der Waals surface area contributed by atoms with E-state index in [9.17, 15) is 10.2 Å². The number of pyridine rings is 1. The van der Waals surface area contributed by atoms with E-state index in [0.29, 0.717) is 34.2 Å². The second kappa shape index (κ2) is 7.61. The minimum atomic E-state index is 0.125. The predicted molar refractivity (Wildman–Crippen MR) is 104 cm³/mol. The van der Waals surface area contributed by atoms with Crippen LogP contribution in [0.15, 0.2) is 76.7 Å². The number of para-hydroxylation sites is 4. The molecule has 5 nitrogen and oxygen atoms in total. The van der Waals surface area contributed by atoms with Gasteiger partial charge in [-0.05, 0) is 50.2 Å². The van der Waals surface area contributed by atoms with Gasteiger partial charge in [-0.1, -0.05) is 30.3 Å². The molecule has 0 atom stereocenters. The van der Waals surface area contributed by atoms with Gasteiger partial charge >= 0.3 is 0 Å². The number of phenols is 2. The summed E-state index contributed by atoms with van der Waals surface area (Å²) in [5, 5.41) is 19.7. The molecular weight excluding hydrogens is 326 g/mol. The Bertz CT molecular complexity index is 917. The number of benzene rings is 2. The molecule has 5 heteroatoms. The van der Waals surface area contributed by atoms with Crippen LogP contribution in [-0.4, -0.2) is 26.6 Å². The van der Waals surface area contributed by atoms with E-state index in [1.54, 1.807) is 36.4 Å². The Morgan fingerprint density at radius 1 is 0.654 bits per heavy atom. The number of phenolic OH excluding ortho intramolecular Hbond substituents is 2. The van der Waals surface area contributed by atoms with Crippen LogP contribution >= 0.6 is 0 Å². The van der Waals surface area contributed by atoms with Crippen LogP contribution in [-0.2, 0) is 0 Å². The molecular formula is C21H19N3O2. The molecule has 0 unspecified atom stereocenters. The lowest BCUT2D eigenvalue weighted by Crippen LogP contribution is -2.05. The second-order valence-electron chi connectivity index (χ2n) is 5.78. The first-order valence-electron chi connectivity index (χ1n) is 8.19. The number of aliphatic imine (C=N–C) groups is 2. The molecule has 0 aliphatic carbocycles. The molecule has 0 spiro atoms. The molecule has 0 aliphatic rings. The topological polar surface area (TPSA) is 78.1 Å². The molecule has 2 aromatic carbocycles. The van der Waals surface area contributed by atoms with Gasteiger partial charge in [0.25, 0.3) is 0 Å². The Morgan fingerprint density at radius 2 is 1.08 bits per heavy atom. The van der Waals surface area contributed by atoms with Crippen molar-refractivity contribution >= 4 is 22.8 Å². The molecule has 3 rings (SSSR count). The van der Waals surface area contributed by atoms with Gasteiger partial charge in [0, 0.05) is 0 Å². The van der Waals surface area contributed by atoms with Gasteiger partial charge in [-0.2, -0.15) is 0 Å². The molecule has 1 aromatic heterocycles. The van der Waals surface area contributed by atoms with Crippen LogP contribution in [0.3, 0.4) is 0 Å². The van der Waals surface area contributed by atoms with Crippen molar-refractivity contribution in [2.75, 3.05) is 0 Å². The first-order chi connectivity index (χ1) is 12.5. The Hall–Kier alpha value is -3.47. The quantitative estimate of drug-likeness (QED) is 0.668. The third kappa shape index (κ3) is 3.95. The first-order valence-corrected chi connectivity index (χ1v) is 8.19. The minimum absolute atomic E-state index is 0.125. The summed E-state index contributed by atoms with van der Waals surface area (Å²) in [5.41, 5.74) is 3.75. The highest BCUT2D eigenvalue weighted by Crippen LogP contribution is 2.27. The number of nitrogens with zero attached hydrogens (tertiary/aromatic N) is 3. The first kappa shape index (κ1) is 17.4. The summed E-state index contributed by atoms with van der Waals surface area (Å²) in [5.74, 6) is 0.251. The van der Waals surface area contributed by atoms with Crippen LogP contribution in [0.1, 0.15) is 25.2 Å². The van der Waals surface area contributed by atoms with Crippen LogP contribution in [0.5, 0.6) is 11.5 Å². The predicted octanol–water partition coefficient (Wildman–Crippen LogP) is 4.77. The largest absolute Gasteiger partial charge is 0.506 e. The SMILES string of the molecule is CC(=Nc1ccccc1O)c1cccc(C(C)=Nc2ccccc2O)n1. The standard InChI is InChI=1S/C21H19N3O2/c1-14(22-18-8-3-5-12-20(18)25)16-10-7-11-17(24-16)15(2)23-19-9-4-6-13-21(19)26/h3-13,25-26H,1-2H3. The number of hydrogen-bond donors (Lipinski definition) is 2. The molecule has 0 fully saturated rings. The molecule has 0 amide bonds. The maximum absolute atomic E-state index is 9.87. The summed E-state index contributed by atoms with van der Waals surface area (Å²) in [7, 11) is 0. The molecule has 26 heavy (non-hydrogen) atoms. The van der Waals surface area contributed by atoms with Crippen LogP contribution in [0.25, 0.3) is 0 Å². The lowest BCUT2D eigenvalue weighted by atomic mass is 10.2. The Labute approximate surface area is 152 Å². The molecule has 0 aliphatic heterocycles. The van der Waals surface area contributed by atoms with Crippen LogP contribution in [0, 0.1) is 0 Å². The summed E-state index contributed by atoms with van der Waals surface area (Å²) >= 11 is 0. The van der Waals surface area contributed by atoms with Crippen molar-refractivity contribution in [2.45, 2.75) is 13.8 Å². The van der Waals surface area contributed by atoms with E-state index in [1.807, 2.05) is 44.2 Å². The van der Waals surface area contributed by atoms with Crippen molar-refractivity contribution in [1.82, 2.24) is 4.98 Å². The fraction of sp³-hybridized carbons (Fsp3) is 0.0952. The van der Waals surface area contributed by atoms with Crippen molar-refractivity contribution in [3.63, 3.8) is 0 Å². The molecule has 3 aromatic rings. The normalized spacial score (nSPS) is 12.2. The lowest BCUT2D eigenvalue weighted by molar-refractivity contribution is 0.476. The van der Waals surface area contributed by atoms with Gasteiger partial charge in [-0.15, -0.1) is 0 Å². The summed E-state index contributed by atoms with van der Waals surface area (Å²) < 4.78 is 0. The Kier molecular flexibility index (Phi) is 5.08. The van der Waals surface area contributed by atoms with Gasteiger partial charge in [0.05, 0.1) is 22.8 Å². The average Bonchev–Trinajstić information content (AvgIpc) is 2.65. The van der Waals surface area contributed by atoms with E-state index in [-0.39, 0.29) is 11.5 Å². The summed E-state index contributed by atoms with van der Waals surface area (Å²) in [6.45, 7) is 3.68. The van der Waals surface area contributed by atoms with E-state index < -0.39 is 0 Å². The highest BCUT2D eigenvalue weighted by molar-refractivity contribution is 6.02. The zero-order valence-electron chi connectivity index (χ0n) is 14.6. The van der Waals surface area contributed by atoms with Crippen molar-refractivity contribution in [2.24, 2.45) is 9.98 Å². The van der Waals surface area contributed by atoms with E-state index >= 15 is 0 Å². The number of aromatic nitrogens is 1. The monoisotopic (exact) mass is 345 g/mol. The fourth-order valence-electron chi connectivity index (χ4n) is 2.43. The van der Waals surface area contributed by atoms with Crippen molar-refractivity contribution in [1.29, 1.82) is 0 Å². The van der Waals surface area contributed by atoms with Gasteiger partial charge in [-0.25, -0.2) is 15.0 Å². The number of hydrogen-bond acceptors (Lipinski definition) is 5. The molecule has 0 saturated carbocycles.